The van der Waals surface area contributed by atoms with Gasteiger partial charge in [0.25, 0.3) is 5.91 Å². The molecule has 0 spiro atoms. The Morgan fingerprint density at radius 2 is 1.84 bits per heavy atom. The van der Waals surface area contributed by atoms with E-state index in [1.54, 1.807) is 0 Å². The number of hydrogen-bond acceptors (Lipinski definition) is 6. The maximum absolute atomic E-state index is 12.3. The summed E-state index contributed by atoms with van der Waals surface area (Å²) in [6, 6.07) is 8.15. The van der Waals surface area contributed by atoms with Crippen LogP contribution in [0.1, 0.15) is 61.3 Å². The summed E-state index contributed by atoms with van der Waals surface area (Å²) in [5.74, 6) is 1.17. The number of aliphatic hydroxyl groups excluding tert-OH is 1. The van der Waals surface area contributed by atoms with Crippen LogP contribution in [-0.4, -0.2) is 49.7 Å². The van der Waals surface area contributed by atoms with Crippen molar-refractivity contribution in [2.45, 2.75) is 57.0 Å². The summed E-state index contributed by atoms with van der Waals surface area (Å²) in [5.41, 5.74) is 3.02. The normalized spacial score (nSPS) is 17.1. The van der Waals surface area contributed by atoms with Crippen molar-refractivity contribution in [1.29, 1.82) is 0 Å². The van der Waals surface area contributed by atoms with Crippen molar-refractivity contribution >= 4 is 22.9 Å². The number of hydrogen-bond donors (Lipinski definition) is 3. The summed E-state index contributed by atoms with van der Waals surface area (Å²) in [6.45, 7) is 0.400. The number of aliphatic hydroxyl groups is 1. The predicted octanol–water partition coefficient (Wildman–Crippen LogP) is 3.29. The molecule has 162 valence electrons. The van der Waals surface area contributed by atoms with Crippen LogP contribution in [0.4, 0.5) is 5.82 Å². The number of imidazole rings is 1. The first-order chi connectivity index (χ1) is 15.2. The quantitative estimate of drug-likeness (QED) is 0.542. The van der Waals surface area contributed by atoms with Gasteiger partial charge >= 0.3 is 0 Å². The fraction of sp³-hybridized carbons (Fsp3) is 0.478. The highest BCUT2D eigenvalue weighted by Crippen LogP contribution is 2.32. The number of rotatable bonds is 7. The molecule has 0 unspecified atom stereocenters. The first-order valence-electron chi connectivity index (χ1n) is 11.2. The van der Waals surface area contributed by atoms with Crippen LogP contribution in [0, 0.1) is 0 Å². The Kier molecular flexibility index (Phi) is 5.55. The van der Waals surface area contributed by atoms with E-state index in [0.717, 1.165) is 42.4 Å². The van der Waals surface area contributed by atoms with Gasteiger partial charge in [-0.05, 0) is 37.8 Å². The highest BCUT2D eigenvalue weighted by molar-refractivity contribution is 5.95. The number of carbonyl (C=O) groups excluding carboxylic acids is 1. The molecule has 3 aromatic rings. The second-order valence-electron chi connectivity index (χ2n) is 8.49. The average molecular weight is 421 g/mol. The molecule has 0 aliphatic heterocycles. The third kappa shape index (κ3) is 4.25. The lowest BCUT2D eigenvalue weighted by molar-refractivity contribution is 0.0951. The first-order valence-corrected chi connectivity index (χ1v) is 11.2. The van der Waals surface area contributed by atoms with E-state index in [0.29, 0.717) is 35.8 Å². The Labute approximate surface area is 181 Å². The van der Waals surface area contributed by atoms with Crippen LogP contribution < -0.4 is 10.6 Å². The Morgan fingerprint density at radius 1 is 1.06 bits per heavy atom. The number of nitrogens with zero attached hydrogens (tertiary/aromatic N) is 4. The molecule has 2 aromatic heterocycles. The number of carbonyl (C=O) groups is 1. The number of anilines is 1. The van der Waals surface area contributed by atoms with Crippen LogP contribution in [0.2, 0.25) is 0 Å². The highest BCUT2D eigenvalue weighted by atomic mass is 16.3. The van der Waals surface area contributed by atoms with Gasteiger partial charge in [-0.25, -0.2) is 15.0 Å². The lowest BCUT2D eigenvalue weighted by atomic mass is 9.95. The van der Waals surface area contributed by atoms with Crippen molar-refractivity contribution in [3.8, 4) is 11.4 Å². The van der Waals surface area contributed by atoms with Crippen molar-refractivity contribution < 1.29 is 9.90 Å². The highest BCUT2D eigenvalue weighted by Gasteiger charge is 2.24. The molecule has 2 fully saturated rings. The van der Waals surface area contributed by atoms with Gasteiger partial charge in [0.15, 0.2) is 17.3 Å². The molecule has 3 N–H and O–H groups in total. The standard InChI is InChI=1S/C23H28N6O2/c30-13-12-24-21-19-22(29(14-25-19)18-4-2-1-3-5-18)28-20(27-21)15-6-8-16(9-7-15)23(31)26-17-10-11-17/h6-9,14,17-18,30H,1-5,10-13H2,(H,26,31)(H,24,27,28). The van der Waals surface area contributed by atoms with E-state index in [9.17, 15) is 9.90 Å². The molecule has 8 heteroatoms. The molecule has 0 atom stereocenters. The van der Waals surface area contributed by atoms with Gasteiger partial charge in [-0.2, -0.15) is 0 Å². The van der Waals surface area contributed by atoms with Crippen molar-refractivity contribution in [2.75, 3.05) is 18.5 Å². The van der Waals surface area contributed by atoms with Crippen molar-refractivity contribution in [3.05, 3.63) is 36.2 Å². The minimum atomic E-state index is -0.0360. The molecule has 0 radical (unpaired) electrons. The number of aromatic nitrogens is 4. The van der Waals surface area contributed by atoms with E-state index in [-0.39, 0.29) is 12.5 Å². The molecule has 0 saturated heterocycles. The maximum atomic E-state index is 12.3. The minimum Gasteiger partial charge on any atom is -0.395 e. The Hall–Kier alpha value is -3.00. The lowest BCUT2D eigenvalue weighted by Gasteiger charge is -2.23. The molecule has 0 bridgehead atoms. The monoisotopic (exact) mass is 420 g/mol. The van der Waals surface area contributed by atoms with E-state index in [4.69, 9.17) is 9.97 Å². The van der Waals surface area contributed by atoms with Crippen LogP contribution >= 0.6 is 0 Å². The molecule has 5 rings (SSSR count). The van der Waals surface area contributed by atoms with E-state index in [2.05, 4.69) is 20.2 Å². The van der Waals surface area contributed by atoms with E-state index >= 15 is 0 Å². The van der Waals surface area contributed by atoms with Crippen molar-refractivity contribution in [2.24, 2.45) is 0 Å². The van der Waals surface area contributed by atoms with Gasteiger partial charge in [0.2, 0.25) is 0 Å². The van der Waals surface area contributed by atoms with Crippen molar-refractivity contribution in [3.63, 3.8) is 0 Å². The molecular weight excluding hydrogens is 392 g/mol. The minimum absolute atomic E-state index is 0.00889. The summed E-state index contributed by atoms with van der Waals surface area (Å²) >= 11 is 0. The fourth-order valence-electron chi connectivity index (χ4n) is 4.24. The number of amides is 1. The van der Waals surface area contributed by atoms with Gasteiger partial charge in [0.1, 0.15) is 5.52 Å². The fourth-order valence-corrected chi connectivity index (χ4v) is 4.24. The van der Waals surface area contributed by atoms with Crippen LogP contribution in [-0.2, 0) is 0 Å². The number of benzene rings is 1. The van der Waals surface area contributed by atoms with Crippen LogP contribution in [0.3, 0.4) is 0 Å². The van der Waals surface area contributed by atoms with Gasteiger partial charge in [-0.3, -0.25) is 4.79 Å². The second kappa shape index (κ2) is 8.63. The second-order valence-corrected chi connectivity index (χ2v) is 8.49. The first kappa shape index (κ1) is 19.9. The number of nitrogens with one attached hydrogen (secondary N) is 2. The van der Waals surface area contributed by atoms with E-state index in [1.807, 2.05) is 30.6 Å². The summed E-state index contributed by atoms with van der Waals surface area (Å²) in [4.78, 5) is 26.4. The molecular formula is C23H28N6O2. The largest absolute Gasteiger partial charge is 0.395 e. The zero-order chi connectivity index (χ0) is 21.2. The van der Waals surface area contributed by atoms with Gasteiger partial charge in [0.05, 0.1) is 12.9 Å². The average Bonchev–Trinajstić information content (AvgIpc) is 3.52. The Bertz CT molecular complexity index is 1070. The summed E-state index contributed by atoms with van der Waals surface area (Å²) in [5, 5.41) is 15.5. The molecule has 2 heterocycles. The Balaban J connectivity index is 1.50. The molecule has 2 aliphatic rings. The number of fused-ring (bicyclic) bond motifs is 1. The molecule has 2 saturated carbocycles. The molecule has 1 aromatic carbocycles. The predicted molar refractivity (Wildman–Crippen MR) is 119 cm³/mol. The van der Waals surface area contributed by atoms with Crippen LogP contribution in [0.25, 0.3) is 22.6 Å². The smallest absolute Gasteiger partial charge is 0.251 e. The zero-order valence-corrected chi connectivity index (χ0v) is 17.5. The molecule has 1 amide bonds. The third-order valence-electron chi connectivity index (χ3n) is 6.11. The van der Waals surface area contributed by atoms with E-state index in [1.165, 1.54) is 19.3 Å². The summed E-state index contributed by atoms with van der Waals surface area (Å²) in [6.07, 6.45) is 10.0. The van der Waals surface area contributed by atoms with Crippen molar-refractivity contribution in [1.82, 2.24) is 24.8 Å². The van der Waals surface area contributed by atoms with Gasteiger partial charge < -0.3 is 20.3 Å². The van der Waals surface area contributed by atoms with Gasteiger partial charge in [-0.15, -0.1) is 0 Å². The van der Waals surface area contributed by atoms with Gasteiger partial charge in [-0.1, -0.05) is 31.4 Å². The molecule has 31 heavy (non-hydrogen) atoms. The molecule has 8 nitrogen and oxygen atoms in total. The zero-order valence-electron chi connectivity index (χ0n) is 17.5. The maximum Gasteiger partial charge on any atom is 0.251 e. The van der Waals surface area contributed by atoms with Crippen LogP contribution in [0.15, 0.2) is 30.6 Å². The summed E-state index contributed by atoms with van der Waals surface area (Å²) in [7, 11) is 0. The summed E-state index contributed by atoms with van der Waals surface area (Å²) < 4.78 is 2.18. The Morgan fingerprint density at radius 3 is 2.55 bits per heavy atom. The SMILES string of the molecule is O=C(NC1CC1)c1ccc(-c2nc(NCCO)c3ncn(C4CCCCC4)c3n2)cc1. The van der Waals surface area contributed by atoms with E-state index < -0.39 is 0 Å². The lowest BCUT2D eigenvalue weighted by Crippen LogP contribution is -2.25. The third-order valence-corrected chi connectivity index (χ3v) is 6.11. The van der Waals surface area contributed by atoms with Gasteiger partial charge in [0, 0.05) is 29.8 Å². The topological polar surface area (TPSA) is 105 Å². The molecule has 2 aliphatic carbocycles. The van der Waals surface area contributed by atoms with Crippen LogP contribution in [0.5, 0.6) is 0 Å².